The molecule has 0 spiro atoms. The lowest BCUT2D eigenvalue weighted by Gasteiger charge is -2.08. The summed E-state index contributed by atoms with van der Waals surface area (Å²) >= 11 is 5.81. The van der Waals surface area contributed by atoms with Crippen LogP contribution < -0.4 is 10.5 Å². The van der Waals surface area contributed by atoms with Gasteiger partial charge >= 0.3 is 0 Å². The monoisotopic (exact) mass is 247 g/mol. The van der Waals surface area contributed by atoms with E-state index in [1.807, 2.05) is 49.4 Å². The number of nitrogen functional groups attached to an aromatic ring is 1. The van der Waals surface area contributed by atoms with Crippen molar-refractivity contribution >= 4 is 17.3 Å². The number of hydrogen-bond donors (Lipinski definition) is 1. The SMILES string of the molecule is Cc1cc(OCc2ccc(Cl)cc2)ccc1N. The van der Waals surface area contributed by atoms with Crippen LogP contribution in [0.5, 0.6) is 5.75 Å². The highest BCUT2D eigenvalue weighted by molar-refractivity contribution is 6.30. The van der Waals surface area contributed by atoms with Gasteiger partial charge in [0.25, 0.3) is 0 Å². The normalized spacial score (nSPS) is 10.2. The predicted molar refractivity (Wildman–Crippen MR) is 71.4 cm³/mol. The summed E-state index contributed by atoms with van der Waals surface area (Å²) in [5.74, 6) is 0.826. The fraction of sp³-hybridized carbons (Fsp3) is 0.143. The number of halogens is 1. The molecule has 0 bridgehead atoms. The van der Waals surface area contributed by atoms with Crippen molar-refractivity contribution in [2.75, 3.05) is 5.73 Å². The number of ether oxygens (including phenoxy) is 1. The summed E-state index contributed by atoms with van der Waals surface area (Å²) in [6.45, 7) is 2.49. The Hall–Kier alpha value is -1.67. The minimum atomic E-state index is 0.528. The molecule has 0 aliphatic rings. The molecule has 0 aromatic heterocycles. The lowest BCUT2D eigenvalue weighted by molar-refractivity contribution is 0.306. The molecule has 0 fully saturated rings. The Bertz CT molecular complexity index is 508. The third-order valence-corrected chi connectivity index (χ3v) is 2.81. The molecule has 0 unspecified atom stereocenters. The van der Waals surface area contributed by atoms with Crippen molar-refractivity contribution in [2.45, 2.75) is 13.5 Å². The van der Waals surface area contributed by atoms with Gasteiger partial charge in [0.2, 0.25) is 0 Å². The topological polar surface area (TPSA) is 35.2 Å². The van der Waals surface area contributed by atoms with Crippen LogP contribution in [0.25, 0.3) is 0 Å². The second-order valence-electron chi connectivity index (χ2n) is 3.93. The number of hydrogen-bond acceptors (Lipinski definition) is 2. The van der Waals surface area contributed by atoms with E-state index < -0.39 is 0 Å². The first kappa shape index (κ1) is 11.8. The van der Waals surface area contributed by atoms with Crippen molar-refractivity contribution in [1.82, 2.24) is 0 Å². The van der Waals surface area contributed by atoms with Crippen LogP contribution in [0.1, 0.15) is 11.1 Å². The Labute approximate surface area is 106 Å². The molecule has 0 saturated heterocycles. The Morgan fingerprint density at radius 3 is 2.47 bits per heavy atom. The maximum Gasteiger partial charge on any atom is 0.120 e. The third-order valence-electron chi connectivity index (χ3n) is 2.56. The third kappa shape index (κ3) is 3.14. The molecule has 0 radical (unpaired) electrons. The number of aryl methyl sites for hydroxylation is 1. The molecular weight excluding hydrogens is 234 g/mol. The maximum atomic E-state index is 5.81. The standard InChI is InChI=1S/C14H14ClNO/c1-10-8-13(6-7-14(10)16)17-9-11-2-4-12(15)5-3-11/h2-8H,9,16H2,1H3. The molecule has 0 amide bonds. The smallest absolute Gasteiger partial charge is 0.120 e. The number of benzene rings is 2. The molecule has 0 saturated carbocycles. The van der Waals surface area contributed by atoms with Gasteiger partial charge in [-0.2, -0.15) is 0 Å². The minimum absolute atomic E-state index is 0.528. The molecule has 0 atom stereocenters. The molecule has 3 heteroatoms. The molecular formula is C14H14ClNO. The molecule has 2 N–H and O–H groups in total. The summed E-state index contributed by atoms with van der Waals surface area (Å²) in [4.78, 5) is 0. The van der Waals surface area contributed by atoms with Crippen LogP contribution >= 0.6 is 11.6 Å². The van der Waals surface area contributed by atoms with E-state index in [0.717, 1.165) is 27.6 Å². The molecule has 2 aromatic carbocycles. The summed E-state index contributed by atoms with van der Waals surface area (Å²) < 4.78 is 5.67. The van der Waals surface area contributed by atoms with E-state index in [1.165, 1.54) is 0 Å². The number of nitrogens with two attached hydrogens (primary N) is 1. The Kier molecular flexibility index (Phi) is 3.55. The average molecular weight is 248 g/mol. The fourth-order valence-corrected chi connectivity index (χ4v) is 1.61. The van der Waals surface area contributed by atoms with Crippen molar-refractivity contribution in [1.29, 1.82) is 0 Å². The lowest BCUT2D eigenvalue weighted by Crippen LogP contribution is -1.96. The van der Waals surface area contributed by atoms with Gasteiger partial charge in [0.05, 0.1) is 0 Å². The van der Waals surface area contributed by atoms with Gasteiger partial charge in [-0.15, -0.1) is 0 Å². The summed E-state index contributed by atoms with van der Waals surface area (Å²) in [5.41, 5.74) is 8.64. The Morgan fingerprint density at radius 1 is 1.12 bits per heavy atom. The zero-order chi connectivity index (χ0) is 12.3. The Morgan fingerprint density at radius 2 is 1.82 bits per heavy atom. The number of anilines is 1. The first-order chi connectivity index (χ1) is 8.15. The van der Waals surface area contributed by atoms with E-state index >= 15 is 0 Å². The van der Waals surface area contributed by atoms with Crippen LogP contribution in [0.2, 0.25) is 5.02 Å². The van der Waals surface area contributed by atoms with Crippen LogP contribution in [0, 0.1) is 6.92 Å². The van der Waals surface area contributed by atoms with Crippen molar-refractivity contribution < 1.29 is 4.74 Å². The summed E-state index contributed by atoms with van der Waals surface area (Å²) in [5, 5.41) is 0.733. The summed E-state index contributed by atoms with van der Waals surface area (Å²) in [6.07, 6.45) is 0. The van der Waals surface area contributed by atoms with E-state index in [1.54, 1.807) is 0 Å². The largest absolute Gasteiger partial charge is 0.489 e. The highest BCUT2D eigenvalue weighted by Gasteiger charge is 1.99. The van der Waals surface area contributed by atoms with Gasteiger partial charge in [0.15, 0.2) is 0 Å². The van der Waals surface area contributed by atoms with E-state index in [9.17, 15) is 0 Å². The van der Waals surface area contributed by atoms with Crippen molar-refractivity contribution in [3.8, 4) is 5.75 Å². The molecule has 0 aliphatic carbocycles. The van der Waals surface area contributed by atoms with Crippen LogP contribution in [0.4, 0.5) is 5.69 Å². The second-order valence-corrected chi connectivity index (χ2v) is 4.37. The van der Waals surface area contributed by atoms with Gasteiger partial charge in [-0.1, -0.05) is 23.7 Å². The molecule has 0 aliphatic heterocycles. The van der Waals surface area contributed by atoms with Crippen molar-refractivity contribution in [3.05, 3.63) is 58.6 Å². The van der Waals surface area contributed by atoms with E-state index in [0.29, 0.717) is 6.61 Å². The fourth-order valence-electron chi connectivity index (χ4n) is 1.49. The van der Waals surface area contributed by atoms with Crippen LogP contribution in [-0.2, 0) is 6.61 Å². The van der Waals surface area contributed by atoms with Gasteiger partial charge in [-0.3, -0.25) is 0 Å². The highest BCUT2D eigenvalue weighted by Crippen LogP contribution is 2.20. The average Bonchev–Trinajstić information content (AvgIpc) is 2.33. The van der Waals surface area contributed by atoms with Crippen LogP contribution in [0.3, 0.4) is 0 Å². The van der Waals surface area contributed by atoms with E-state index in [4.69, 9.17) is 22.1 Å². The second kappa shape index (κ2) is 5.11. The van der Waals surface area contributed by atoms with E-state index in [-0.39, 0.29) is 0 Å². The molecule has 2 nitrogen and oxygen atoms in total. The molecule has 2 aromatic rings. The zero-order valence-corrected chi connectivity index (χ0v) is 10.4. The number of rotatable bonds is 3. The predicted octanol–water partition coefficient (Wildman–Crippen LogP) is 3.81. The first-order valence-electron chi connectivity index (χ1n) is 5.38. The van der Waals surface area contributed by atoms with Crippen LogP contribution in [0.15, 0.2) is 42.5 Å². The van der Waals surface area contributed by atoms with Gasteiger partial charge in [0, 0.05) is 10.7 Å². The molecule has 88 valence electrons. The highest BCUT2D eigenvalue weighted by atomic mass is 35.5. The van der Waals surface area contributed by atoms with Gasteiger partial charge in [-0.25, -0.2) is 0 Å². The Balaban J connectivity index is 2.02. The molecule has 0 heterocycles. The van der Waals surface area contributed by atoms with Gasteiger partial charge in [-0.05, 0) is 48.4 Å². The van der Waals surface area contributed by atoms with Crippen LogP contribution in [-0.4, -0.2) is 0 Å². The minimum Gasteiger partial charge on any atom is -0.489 e. The van der Waals surface area contributed by atoms with Gasteiger partial charge < -0.3 is 10.5 Å². The summed E-state index contributed by atoms with van der Waals surface area (Å²) in [7, 11) is 0. The summed E-state index contributed by atoms with van der Waals surface area (Å²) in [6, 6.07) is 13.3. The molecule has 17 heavy (non-hydrogen) atoms. The molecule has 2 rings (SSSR count). The maximum absolute atomic E-state index is 5.81. The first-order valence-corrected chi connectivity index (χ1v) is 5.76. The quantitative estimate of drug-likeness (QED) is 0.837. The van der Waals surface area contributed by atoms with Gasteiger partial charge in [0.1, 0.15) is 12.4 Å². The zero-order valence-electron chi connectivity index (χ0n) is 9.61. The van der Waals surface area contributed by atoms with Crippen molar-refractivity contribution in [3.63, 3.8) is 0 Å². The van der Waals surface area contributed by atoms with E-state index in [2.05, 4.69) is 0 Å². The lowest BCUT2D eigenvalue weighted by atomic mass is 10.2. The van der Waals surface area contributed by atoms with Crippen molar-refractivity contribution in [2.24, 2.45) is 0 Å².